The second kappa shape index (κ2) is 7.40. The third-order valence-corrected chi connectivity index (χ3v) is 3.97. The van der Waals surface area contributed by atoms with Gasteiger partial charge in [0.1, 0.15) is 5.82 Å². The molecule has 1 aromatic carbocycles. The van der Waals surface area contributed by atoms with Gasteiger partial charge in [0.05, 0.1) is 12.9 Å². The van der Waals surface area contributed by atoms with Gasteiger partial charge in [-0.1, -0.05) is 11.8 Å². The summed E-state index contributed by atoms with van der Waals surface area (Å²) in [6.45, 7) is 1.67. The number of carbonyl (C=O) groups is 1. The van der Waals surface area contributed by atoms with Crippen molar-refractivity contribution in [2.24, 2.45) is 7.05 Å². The maximum absolute atomic E-state index is 13.6. The van der Waals surface area contributed by atoms with E-state index in [-0.39, 0.29) is 17.5 Å². The molecular formula is C14H15F2N3O3S. The molecule has 1 atom stereocenters. The van der Waals surface area contributed by atoms with Gasteiger partial charge in [-0.3, -0.25) is 4.79 Å². The largest absolute Gasteiger partial charge is 0.480 e. The summed E-state index contributed by atoms with van der Waals surface area (Å²) in [5, 5.41) is 8.44. The van der Waals surface area contributed by atoms with Crippen molar-refractivity contribution in [3.05, 3.63) is 35.7 Å². The second-order valence-electron chi connectivity index (χ2n) is 4.60. The van der Waals surface area contributed by atoms with Crippen molar-refractivity contribution in [3.8, 4) is 5.75 Å². The molecular weight excluding hydrogens is 328 g/mol. The van der Waals surface area contributed by atoms with Crippen LogP contribution in [-0.4, -0.2) is 33.6 Å². The van der Waals surface area contributed by atoms with E-state index in [1.807, 2.05) is 0 Å². The van der Waals surface area contributed by atoms with Gasteiger partial charge in [-0.15, -0.1) is 10.2 Å². The molecule has 6 nitrogen and oxygen atoms in total. The summed E-state index contributed by atoms with van der Waals surface area (Å²) < 4.78 is 38.2. The summed E-state index contributed by atoms with van der Waals surface area (Å²) in [4.78, 5) is 11.1. The zero-order valence-electron chi connectivity index (χ0n) is 12.7. The maximum Gasteiger partial charge on any atom is 0.316 e. The molecule has 2 aromatic rings. The minimum atomic E-state index is -0.792. The summed E-state index contributed by atoms with van der Waals surface area (Å²) in [7, 11) is 3.01. The fraction of sp³-hybridized carbons (Fsp3) is 0.357. The van der Waals surface area contributed by atoms with Crippen molar-refractivity contribution < 1.29 is 23.0 Å². The molecule has 0 bridgehead atoms. The van der Waals surface area contributed by atoms with Crippen LogP contribution >= 0.6 is 11.8 Å². The van der Waals surface area contributed by atoms with Gasteiger partial charge in [0.15, 0.2) is 28.7 Å². The Balaban J connectivity index is 2.09. The molecule has 0 fully saturated rings. The predicted molar refractivity (Wildman–Crippen MR) is 79.1 cm³/mol. The number of thioether (sulfide) groups is 1. The topological polar surface area (TPSA) is 66.2 Å². The Morgan fingerprint density at radius 3 is 2.78 bits per heavy atom. The normalized spacial score (nSPS) is 12.0. The first-order valence-electron chi connectivity index (χ1n) is 6.63. The summed E-state index contributed by atoms with van der Waals surface area (Å²) in [5.41, 5.74) is 0. The lowest BCUT2D eigenvalue weighted by molar-refractivity contribution is -0.137. The van der Waals surface area contributed by atoms with Crippen molar-refractivity contribution in [3.63, 3.8) is 0 Å². The van der Waals surface area contributed by atoms with Gasteiger partial charge in [0.25, 0.3) is 0 Å². The molecule has 0 amide bonds. The number of ether oxygens (including phenoxy) is 2. The van der Waals surface area contributed by atoms with Gasteiger partial charge in [-0.25, -0.2) is 8.78 Å². The smallest absolute Gasteiger partial charge is 0.316 e. The number of methoxy groups -OCH3 is 1. The summed E-state index contributed by atoms with van der Waals surface area (Å²) in [6.07, 6.45) is -0.611. The lowest BCUT2D eigenvalue weighted by atomic mass is 10.3. The number of hydrogen-bond acceptors (Lipinski definition) is 6. The SMILES string of the molecule is COC(=O)CSc1nnc(C(C)Oc2ccc(F)cc2F)n1C. The molecule has 9 heteroatoms. The van der Waals surface area contributed by atoms with E-state index in [9.17, 15) is 13.6 Å². The molecule has 0 aliphatic rings. The third-order valence-electron chi connectivity index (χ3n) is 2.98. The van der Waals surface area contributed by atoms with Gasteiger partial charge < -0.3 is 14.0 Å². The zero-order valence-corrected chi connectivity index (χ0v) is 13.6. The van der Waals surface area contributed by atoms with E-state index in [1.54, 1.807) is 18.5 Å². The average Bonchev–Trinajstić information content (AvgIpc) is 2.88. The number of rotatable bonds is 6. The molecule has 0 spiro atoms. The lowest BCUT2D eigenvalue weighted by Gasteiger charge is -2.14. The van der Waals surface area contributed by atoms with Crippen molar-refractivity contribution in [2.45, 2.75) is 18.2 Å². The quantitative estimate of drug-likeness (QED) is 0.593. The first-order chi connectivity index (χ1) is 10.9. The molecule has 2 rings (SSSR count). The second-order valence-corrected chi connectivity index (χ2v) is 5.54. The van der Waals surface area contributed by atoms with Crippen molar-refractivity contribution in [2.75, 3.05) is 12.9 Å². The highest BCUT2D eigenvalue weighted by Gasteiger charge is 2.19. The van der Waals surface area contributed by atoms with Crippen molar-refractivity contribution in [1.82, 2.24) is 14.8 Å². The van der Waals surface area contributed by atoms with E-state index in [0.717, 1.165) is 23.9 Å². The highest BCUT2D eigenvalue weighted by atomic mass is 32.2. The van der Waals surface area contributed by atoms with Crippen LogP contribution in [0.5, 0.6) is 5.75 Å². The molecule has 0 saturated carbocycles. The number of hydrogen-bond donors (Lipinski definition) is 0. The molecule has 0 N–H and O–H groups in total. The van der Waals surface area contributed by atoms with E-state index < -0.39 is 17.7 Å². The minimum Gasteiger partial charge on any atom is -0.480 e. The maximum atomic E-state index is 13.6. The van der Waals surface area contributed by atoms with Crippen LogP contribution in [0, 0.1) is 11.6 Å². The van der Waals surface area contributed by atoms with Crippen LogP contribution in [0.2, 0.25) is 0 Å². The molecule has 1 heterocycles. The summed E-state index contributed by atoms with van der Waals surface area (Å²) in [5.74, 6) is -1.38. The Morgan fingerprint density at radius 2 is 2.13 bits per heavy atom. The van der Waals surface area contributed by atoms with Gasteiger partial charge in [-0.2, -0.15) is 0 Å². The average molecular weight is 343 g/mol. The molecule has 0 aliphatic carbocycles. The fourth-order valence-corrected chi connectivity index (χ4v) is 2.55. The van der Waals surface area contributed by atoms with Gasteiger partial charge in [0, 0.05) is 13.1 Å². The minimum absolute atomic E-state index is 0.0781. The zero-order chi connectivity index (χ0) is 17.0. The van der Waals surface area contributed by atoms with Crippen LogP contribution < -0.4 is 4.74 Å². The molecule has 1 unspecified atom stereocenters. The number of carbonyl (C=O) groups excluding carboxylic acids is 1. The first-order valence-corrected chi connectivity index (χ1v) is 7.61. The van der Waals surface area contributed by atoms with E-state index in [2.05, 4.69) is 14.9 Å². The van der Waals surface area contributed by atoms with E-state index in [4.69, 9.17) is 4.74 Å². The Labute approximate surface area is 135 Å². The Hall–Kier alpha value is -2.16. The summed E-state index contributed by atoms with van der Waals surface area (Å²) >= 11 is 1.16. The number of aromatic nitrogens is 3. The van der Waals surface area contributed by atoms with Crippen LogP contribution in [0.4, 0.5) is 8.78 Å². The number of halogens is 2. The van der Waals surface area contributed by atoms with E-state index >= 15 is 0 Å². The molecule has 23 heavy (non-hydrogen) atoms. The van der Waals surface area contributed by atoms with Crippen LogP contribution in [0.1, 0.15) is 18.9 Å². The predicted octanol–water partition coefficient (Wildman–Crippen LogP) is 2.50. The van der Waals surface area contributed by atoms with Crippen molar-refractivity contribution in [1.29, 1.82) is 0 Å². The highest BCUT2D eigenvalue weighted by Crippen LogP contribution is 2.25. The Bertz CT molecular complexity index is 709. The third kappa shape index (κ3) is 4.19. The number of esters is 1. The fourth-order valence-electron chi connectivity index (χ4n) is 1.80. The standard InChI is InChI=1S/C14H15F2N3O3S/c1-8(22-11-5-4-9(15)6-10(11)16)13-17-18-14(19(13)2)23-7-12(20)21-3/h4-6,8H,7H2,1-3H3. The Kier molecular flexibility index (Phi) is 5.54. The van der Waals surface area contributed by atoms with Crippen LogP contribution in [0.25, 0.3) is 0 Å². The first kappa shape index (κ1) is 17.2. The summed E-state index contributed by atoms with van der Waals surface area (Å²) in [6, 6.07) is 3.07. The molecule has 1 aromatic heterocycles. The van der Waals surface area contributed by atoms with E-state index in [1.165, 1.54) is 13.2 Å². The lowest BCUT2D eigenvalue weighted by Crippen LogP contribution is -2.11. The van der Waals surface area contributed by atoms with E-state index in [0.29, 0.717) is 11.0 Å². The monoisotopic (exact) mass is 343 g/mol. The van der Waals surface area contributed by atoms with Gasteiger partial charge in [-0.05, 0) is 19.1 Å². The number of benzene rings is 1. The number of nitrogens with zero attached hydrogens (tertiary/aromatic N) is 3. The van der Waals surface area contributed by atoms with Gasteiger partial charge >= 0.3 is 5.97 Å². The van der Waals surface area contributed by atoms with Crippen LogP contribution in [-0.2, 0) is 16.6 Å². The molecule has 0 aliphatic heterocycles. The van der Waals surface area contributed by atoms with Gasteiger partial charge in [0.2, 0.25) is 0 Å². The highest BCUT2D eigenvalue weighted by molar-refractivity contribution is 7.99. The molecule has 124 valence electrons. The van der Waals surface area contributed by atoms with Crippen molar-refractivity contribution >= 4 is 17.7 Å². The van der Waals surface area contributed by atoms with Crippen LogP contribution in [0.3, 0.4) is 0 Å². The van der Waals surface area contributed by atoms with Crippen LogP contribution in [0.15, 0.2) is 23.4 Å². The molecule has 0 saturated heterocycles. The Morgan fingerprint density at radius 1 is 1.39 bits per heavy atom. The molecule has 0 radical (unpaired) electrons.